The summed E-state index contributed by atoms with van der Waals surface area (Å²) >= 11 is 0. The van der Waals surface area contributed by atoms with E-state index in [1.54, 1.807) is 6.33 Å². The van der Waals surface area contributed by atoms with Crippen molar-refractivity contribution in [3.8, 4) is 11.4 Å². The molecule has 3 N–H and O–H groups in total. The SMILES string of the molecule is CC(C)CCNC(=O)Cn1cnc(-c2cccc(N)c2)n1. The van der Waals surface area contributed by atoms with Crippen LogP contribution in [0.25, 0.3) is 11.4 Å². The molecule has 0 fully saturated rings. The highest BCUT2D eigenvalue weighted by atomic mass is 16.2. The molecule has 21 heavy (non-hydrogen) atoms. The van der Waals surface area contributed by atoms with E-state index in [1.165, 1.54) is 4.68 Å². The number of hydrogen-bond donors (Lipinski definition) is 2. The molecule has 0 atom stereocenters. The lowest BCUT2D eigenvalue weighted by Crippen LogP contribution is -2.29. The highest BCUT2D eigenvalue weighted by molar-refractivity contribution is 5.75. The van der Waals surface area contributed by atoms with Crippen LogP contribution in [0.1, 0.15) is 20.3 Å². The summed E-state index contributed by atoms with van der Waals surface area (Å²) in [6.07, 6.45) is 2.53. The Morgan fingerprint density at radius 2 is 2.24 bits per heavy atom. The Balaban J connectivity index is 1.93. The maximum Gasteiger partial charge on any atom is 0.241 e. The fraction of sp³-hybridized carbons (Fsp3) is 0.400. The number of rotatable bonds is 6. The molecule has 0 saturated carbocycles. The van der Waals surface area contributed by atoms with Crippen molar-refractivity contribution < 1.29 is 4.79 Å². The molecule has 0 aliphatic rings. The molecule has 0 spiro atoms. The highest BCUT2D eigenvalue weighted by Gasteiger charge is 2.07. The number of amides is 1. The van der Waals surface area contributed by atoms with Crippen molar-refractivity contribution in [2.75, 3.05) is 12.3 Å². The van der Waals surface area contributed by atoms with E-state index in [1.807, 2.05) is 24.3 Å². The molecule has 1 aromatic heterocycles. The first-order chi connectivity index (χ1) is 10.0. The van der Waals surface area contributed by atoms with Gasteiger partial charge >= 0.3 is 0 Å². The predicted molar refractivity (Wildman–Crippen MR) is 82.3 cm³/mol. The van der Waals surface area contributed by atoms with E-state index in [0.717, 1.165) is 12.0 Å². The van der Waals surface area contributed by atoms with Gasteiger partial charge in [-0.1, -0.05) is 26.0 Å². The van der Waals surface area contributed by atoms with E-state index in [9.17, 15) is 4.79 Å². The smallest absolute Gasteiger partial charge is 0.241 e. The first-order valence-corrected chi connectivity index (χ1v) is 7.06. The summed E-state index contributed by atoms with van der Waals surface area (Å²) in [7, 11) is 0. The summed E-state index contributed by atoms with van der Waals surface area (Å²) in [5, 5.41) is 7.17. The summed E-state index contributed by atoms with van der Waals surface area (Å²) < 4.78 is 1.53. The van der Waals surface area contributed by atoms with Crippen LogP contribution in [0.4, 0.5) is 5.69 Å². The van der Waals surface area contributed by atoms with Gasteiger partial charge in [-0.3, -0.25) is 4.79 Å². The van der Waals surface area contributed by atoms with Crippen LogP contribution in [-0.2, 0) is 11.3 Å². The van der Waals surface area contributed by atoms with Gasteiger partial charge in [0.15, 0.2) is 5.82 Å². The van der Waals surface area contributed by atoms with Crippen LogP contribution >= 0.6 is 0 Å². The minimum absolute atomic E-state index is 0.0559. The number of carbonyl (C=O) groups excluding carboxylic acids is 1. The van der Waals surface area contributed by atoms with Gasteiger partial charge in [0.25, 0.3) is 0 Å². The van der Waals surface area contributed by atoms with Crippen LogP contribution in [0.3, 0.4) is 0 Å². The van der Waals surface area contributed by atoms with Crippen LogP contribution < -0.4 is 11.1 Å². The first-order valence-electron chi connectivity index (χ1n) is 7.06. The van der Waals surface area contributed by atoms with Gasteiger partial charge in [-0.2, -0.15) is 5.10 Å². The Labute approximate surface area is 124 Å². The van der Waals surface area contributed by atoms with E-state index in [2.05, 4.69) is 29.2 Å². The zero-order chi connectivity index (χ0) is 15.2. The maximum atomic E-state index is 11.8. The summed E-state index contributed by atoms with van der Waals surface area (Å²) in [6.45, 7) is 5.11. The third-order valence-electron chi connectivity index (χ3n) is 3.03. The Morgan fingerprint density at radius 3 is 2.95 bits per heavy atom. The first kappa shape index (κ1) is 15.0. The number of carbonyl (C=O) groups is 1. The van der Waals surface area contributed by atoms with Crippen LogP contribution in [0.2, 0.25) is 0 Å². The number of hydrogen-bond acceptors (Lipinski definition) is 4. The lowest BCUT2D eigenvalue weighted by Gasteiger charge is -2.06. The lowest BCUT2D eigenvalue weighted by atomic mass is 10.1. The molecular formula is C15H21N5O. The molecule has 6 nitrogen and oxygen atoms in total. The molecule has 0 aliphatic carbocycles. The summed E-state index contributed by atoms with van der Waals surface area (Å²) in [5.74, 6) is 1.09. The summed E-state index contributed by atoms with van der Waals surface area (Å²) in [6, 6.07) is 7.35. The van der Waals surface area contributed by atoms with E-state index in [0.29, 0.717) is 24.0 Å². The van der Waals surface area contributed by atoms with Crippen molar-refractivity contribution in [2.24, 2.45) is 5.92 Å². The van der Waals surface area contributed by atoms with Gasteiger partial charge in [0.05, 0.1) is 0 Å². The monoisotopic (exact) mass is 287 g/mol. The van der Waals surface area contributed by atoms with Crippen molar-refractivity contribution in [3.63, 3.8) is 0 Å². The van der Waals surface area contributed by atoms with Gasteiger partial charge in [0, 0.05) is 17.8 Å². The Kier molecular flexibility index (Phi) is 4.92. The number of nitrogens with one attached hydrogen (secondary N) is 1. The van der Waals surface area contributed by atoms with Crippen LogP contribution in [0.5, 0.6) is 0 Å². The van der Waals surface area contributed by atoms with Crippen molar-refractivity contribution >= 4 is 11.6 Å². The van der Waals surface area contributed by atoms with Crippen molar-refractivity contribution in [1.29, 1.82) is 0 Å². The van der Waals surface area contributed by atoms with Gasteiger partial charge in [-0.05, 0) is 24.5 Å². The number of anilines is 1. The van der Waals surface area contributed by atoms with Gasteiger partial charge in [-0.25, -0.2) is 9.67 Å². The summed E-state index contributed by atoms with van der Waals surface area (Å²) in [4.78, 5) is 16.0. The van der Waals surface area contributed by atoms with Crippen LogP contribution in [-0.4, -0.2) is 27.2 Å². The molecule has 6 heteroatoms. The van der Waals surface area contributed by atoms with E-state index in [4.69, 9.17) is 5.73 Å². The van der Waals surface area contributed by atoms with Crippen molar-refractivity contribution in [3.05, 3.63) is 30.6 Å². The minimum Gasteiger partial charge on any atom is -0.399 e. The molecule has 1 aromatic carbocycles. The van der Waals surface area contributed by atoms with Gasteiger partial charge in [-0.15, -0.1) is 0 Å². The molecule has 112 valence electrons. The van der Waals surface area contributed by atoms with E-state index >= 15 is 0 Å². The molecule has 0 aliphatic heterocycles. The lowest BCUT2D eigenvalue weighted by molar-refractivity contribution is -0.121. The zero-order valence-electron chi connectivity index (χ0n) is 12.4. The number of nitrogens with two attached hydrogens (primary N) is 1. The molecule has 2 rings (SSSR count). The van der Waals surface area contributed by atoms with Crippen LogP contribution in [0, 0.1) is 5.92 Å². The molecule has 1 heterocycles. The average Bonchev–Trinajstić information content (AvgIpc) is 2.86. The molecular weight excluding hydrogens is 266 g/mol. The largest absolute Gasteiger partial charge is 0.399 e. The fourth-order valence-corrected chi connectivity index (χ4v) is 1.88. The van der Waals surface area contributed by atoms with Gasteiger partial charge in [0.1, 0.15) is 12.9 Å². The second-order valence-corrected chi connectivity index (χ2v) is 5.42. The Hall–Kier alpha value is -2.37. The molecule has 0 radical (unpaired) electrons. The predicted octanol–water partition coefficient (Wildman–Crippen LogP) is 1.69. The van der Waals surface area contributed by atoms with Crippen LogP contribution in [0.15, 0.2) is 30.6 Å². The van der Waals surface area contributed by atoms with E-state index < -0.39 is 0 Å². The standard InChI is InChI=1S/C15H21N5O/c1-11(2)6-7-17-14(21)9-20-10-18-15(19-20)12-4-3-5-13(16)8-12/h3-5,8,10-11H,6-7,9,16H2,1-2H3,(H,17,21). The number of aromatic nitrogens is 3. The molecule has 1 amide bonds. The minimum atomic E-state index is -0.0559. The van der Waals surface area contributed by atoms with Gasteiger partial charge < -0.3 is 11.1 Å². The zero-order valence-corrected chi connectivity index (χ0v) is 12.4. The Bertz CT molecular complexity index is 606. The van der Waals surface area contributed by atoms with Crippen molar-refractivity contribution in [2.45, 2.75) is 26.8 Å². The normalized spacial score (nSPS) is 10.8. The van der Waals surface area contributed by atoms with Crippen molar-refractivity contribution in [1.82, 2.24) is 20.1 Å². The maximum absolute atomic E-state index is 11.8. The number of benzene rings is 1. The Morgan fingerprint density at radius 1 is 1.43 bits per heavy atom. The summed E-state index contributed by atoms with van der Waals surface area (Å²) in [5.41, 5.74) is 7.24. The fourth-order valence-electron chi connectivity index (χ4n) is 1.88. The van der Waals surface area contributed by atoms with E-state index in [-0.39, 0.29) is 12.5 Å². The quantitative estimate of drug-likeness (QED) is 0.792. The second kappa shape index (κ2) is 6.88. The molecule has 0 unspecified atom stereocenters. The molecule has 0 saturated heterocycles. The molecule has 0 bridgehead atoms. The van der Waals surface area contributed by atoms with Gasteiger partial charge in [0.2, 0.25) is 5.91 Å². The molecule has 2 aromatic rings. The topological polar surface area (TPSA) is 85.8 Å². The number of nitrogen functional groups attached to an aromatic ring is 1. The third kappa shape index (κ3) is 4.59. The number of nitrogens with zero attached hydrogens (tertiary/aromatic N) is 3. The second-order valence-electron chi connectivity index (χ2n) is 5.42. The highest BCUT2D eigenvalue weighted by Crippen LogP contribution is 2.16. The third-order valence-corrected chi connectivity index (χ3v) is 3.03. The average molecular weight is 287 g/mol.